The van der Waals surface area contributed by atoms with E-state index in [2.05, 4.69) is 19.9 Å². The average molecular weight is 439 g/mol. The van der Waals surface area contributed by atoms with Crippen LogP contribution >= 0.6 is 0 Å². The van der Waals surface area contributed by atoms with Gasteiger partial charge < -0.3 is 25.2 Å². The zero-order chi connectivity index (χ0) is 23.3. The van der Waals surface area contributed by atoms with E-state index in [4.69, 9.17) is 9.84 Å². The molecule has 8 atom stereocenters. The Hall–Kier alpha value is -1.70. The van der Waals surface area contributed by atoms with Gasteiger partial charge in [0.15, 0.2) is 0 Å². The summed E-state index contributed by atoms with van der Waals surface area (Å²) in [6, 6.07) is 0. The molecule has 0 spiro atoms. The molecule has 0 heterocycles. The second-order valence-corrected chi connectivity index (χ2v) is 9.49. The smallest absolute Gasteiger partial charge is 0.308 e. The Balaban J connectivity index is 2.19. The number of carbonyl (C=O) groups excluding carboxylic acids is 1. The van der Waals surface area contributed by atoms with E-state index in [9.17, 15) is 24.9 Å². The van der Waals surface area contributed by atoms with Crippen molar-refractivity contribution in [1.82, 2.24) is 0 Å². The number of allylic oxidation sites excluding steroid dienone is 2. The standard InChI is InChI=1S/C24H38O7/c1-5-14(2)23(30)31-21-12-18(26)10-16-7-6-15(3)20(24(16,21)4)9-8-17(25)11-19(27)13-22(28)29/h6-7,10,14-15,17-21,25-27H,5,8-9,11-13H2,1-4H3,(H,28,29)/t14-,15-,17+,18?,19+,20?,21-,24-/m0/s1. The maximum absolute atomic E-state index is 12.6. The molecule has 0 radical (unpaired) electrons. The van der Waals surface area contributed by atoms with E-state index in [0.29, 0.717) is 25.7 Å². The topological polar surface area (TPSA) is 124 Å². The third kappa shape index (κ3) is 6.18. The number of hydrogen-bond acceptors (Lipinski definition) is 6. The van der Waals surface area contributed by atoms with Gasteiger partial charge in [0.1, 0.15) is 6.10 Å². The normalized spacial score (nSPS) is 33.1. The lowest BCUT2D eigenvalue weighted by molar-refractivity contribution is -0.165. The fourth-order valence-corrected chi connectivity index (χ4v) is 4.97. The predicted molar refractivity (Wildman–Crippen MR) is 116 cm³/mol. The molecular formula is C24H38O7. The van der Waals surface area contributed by atoms with Gasteiger partial charge in [0.2, 0.25) is 0 Å². The van der Waals surface area contributed by atoms with Crippen molar-refractivity contribution in [2.45, 2.75) is 90.6 Å². The number of aliphatic carboxylic acids is 1. The summed E-state index contributed by atoms with van der Waals surface area (Å²) in [5, 5.41) is 39.3. The predicted octanol–water partition coefficient (Wildman–Crippen LogP) is 2.83. The molecule has 0 aromatic heterocycles. The first kappa shape index (κ1) is 25.6. The Labute approximate surface area is 184 Å². The first-order chi connectivity index (χ1) is 14.5. The second kappa shape index (κ2) is 10.7. The zero-order valence-electron chi connectivity index (χ0n) is 19.0. The van der Waals surface area contributed by atoms with Crippen molar-refractivity contribution < 1.29 is 34.8 Å². The van der Waals surface area contributed by atoms with Crippen molar-refractivity contribution in [3.05, 3.63) is 23.8 Å². The van der Waals surface area contributed by atoms with Crippen LogP contribution in [0.2, 0.25) is 0 Å². The number of aliphatic hydroxyl groups is 3. The van der Waals surface area contributed by atoms with Crippen LogP contribution in [0, 0.1) is 23.2 Å². The molecule has 0 saturated heterocycles. The summed E-state index contributed by atoms with van der Waals surface area (Å²) in [4.78, 5) is 23.3. The second-order valence-electron chi connectivity index (χ2n) is 9.49. The Bertz CT molecular complexity index is 700. The Morgan fingerprint density at radius 3 is 2.58 bits per heavy atom. The van der Waals surface area contributed by atoms with Crippen LogP contribution in [0.25, 0.3) is 0 Å². The number of carbonyl (C=O) groups is 2. The van der Waals surface area contributed by atoms with Gasteiger partial charge in [0, 0.05) is 11.8 Å². The third-order valence-electron chi connectivity index (χ3n) is 7.14. The molecular weight excluding hydrogens is 400 g/mol. The summed E-state index contributed by atoms with van der Waals surface area (Å²) in [5.74, 6) is -1.36. The number of fused-ring (bicyclic) bond motifs is 1. The SMILES string of the molecule is CC[C@H](C)C(=O)O[C@H]1CC(O)C=C2C=C[C@H](C)C(CC[C@@H](O)C[C@@H](O)CC(=O)O)[C@]21C. The van der Waals surface area contributed by atoms with Crippen LogP contribution in [0.15, 0.2) is 23.8 Å². The van der Waals surface area contributed by atoms with Crippen LogP contribution in [0.5, 0.6) is 0 Å². The summed E-state index contributed by atoms with van der Waals surface area (Å²) >= 11 is 0. The van der Waals surface area contributed by atoms with E-state index in [1.54, 1.807) is 0 Å². The molecule has 7 nitrogen and oxygen atoms in total. The minimum Gasteiger partial charge on any atom is -0.481 e. The lowest BCUT2D eigenvalue weighted by Crippen LogP contribution is -2.51. The van der Waals surface area contributed by atoms with Crippen molar-refractivity contribution >= 4 is 11.9 Å². The highest BCUT2D eigenvalue weighted by Gasteiger charge is 2.51. The van der Waals surface area contributed by atoms with Crippen molar-refractivity contribution in [3.8, 4) is 0 Å². The average Bonchev–Trinajstić information content (AvgIpc) is 2.67. The number of rotatable bonds is 10. The van der Waals surface area contributed by atoms with E-state index in [1.165, 1.54) is 0 Å². The summed E-state index contributed by atoms with van der Waals surface area (Å²) in [6.45, 7) is 7.92. The van der Waals surface area contributed by atoms with Crippen molar-refractivity contribution in [1.29, 1.82) is 0 Å². The number of ether oxygens (including phenoxy) is 1. The highest BCUT2D eigenvalue weighted by molar-refractivity contribution is 5.72. The molecule has 0 amide bonds. The van der Waals surface area contributed by atoms with E-state index in [-0.39, 0.29) is 30.1 Å². The Morgan fingerprint density at radius 1 is 1.29 bits per heavy atom. The van der Waals surface area contributed by atoms with E-state index in [1.807, 2.05) is 26.0 Å². The molecule has 31 heavy (non-hydrogen) atoms. The highest BCUT2D eigenvalue weighted by Crippen LogP contribution is 2.53. The largest absolute Gasteiger partial charge is 0.481 e. The summed E-state index contributed by atoms with van der Waals surface area (Å²) < 4.78 is 5.94. The minimum atomic E-state index is -1.10. The molecule has 2 rings (SSSR count). The van der Waals surface area contributed by atoms with Crippen LogP contribution in [0.3, 0.4) is 0 Å². The fraction of sp³-hybridized carbons (Fsp3) is 0.750. The Kier molecular flexibility index (Phi) is 8.86. The van der Waals surface area contributed by atoms with Crippen molar-refractivity contribution in [2.24, 2.45) is 23.2 Å². The molecule has 7 heteroatoms. The van der Waals surface area contributed by atoms with Gasteiger partial charge in [-0.1, -0.05) is 45.9 Å². The molecule has 0 aromatic carbocycles. The highest BCUT2D eigenvalue weighted by atomic mass is 16.5. The molecule has 0 bridgehead atoms. The van der Waals surface area contributed by atoms with Gasteiger partial charge in [-0.3, -0.25) is 9.59 Å². The van der Waals surface area contributed by atoms with Crippen LogP contribution in [-0.4, -0.2) is 56.8 Å². The molecule has 0 aliphatic heterocycles. The number of hydrogen-bond donors (Lipinski definition) is 4. The van der Waals surface area contributed by atoms with Gasteiger partial charge in [0.05, 0.1) is 30.7 Å². The van der Waals surface area contributed by atoms with Gasteiger partial charge >= 0.3 is 11.9 Å². The third-order valence-corrected chi connectivity index (χ3v) is 7.14. The molecule has 0 saturated carbocycles. The maximum atomic E-state index is 12.6. The molecule has 2 unspecified atom stereocenters. The first-order valence-corrected chi connectivity index (χ1v) is 11.4. The van der Waals surface area contributed by atoms with Gasteiger partial charge in [-0.2, -0.15) is 0 Å². The summed E-state index contributed by atoms with van der Waals surface area (Å²) in [5.41, 5.74) is 0.437. The molecule has 2 aliphatic carbocycles. The molecule has 4 N–H and O–H groups in total. The van der Waals surface area contributed by atoms with Gasteiger partial charge in [-0.25, -0.2) is 0 Å². The van der Waals surface area contributed by atoms with Crippen molar-refractivity contribution in [2.75, 3.05) is 0 Å². The first-order valence-electron chi connectivity index (χ1n) is 11.4. The van der Waals surface area contributed by atoms with Crippen LogP contribution in [0.1, 0.15) is 66.2 Å². The number of carboxylic acid groups (broad SMARTS) is 1. The number of esters is 1. The number of aliphatic hydroxyl groups excluding tert-OH is 3. The van der Waals surface area contributed by atoms with Crippen molar-refractivity contribution in [3.63, 3.8) is 0 Å². The van der Waals surface area contributed by atoms with E-state index >= 15 is 0 Å². The van der Waals surface area contributed by atoms with Crippen LogP contribution in [0.4, 0.5) is 0 Å². The molecule has 0 aromatic rings. The van der Waals surface area contributed by atoms with Gasteiger partial charge in [-0.15, -0.1) is 0 Å². The zero-order valence-corrected chi connectivity index (χ0v) is 19.0. The monoisotopic (exact) mass is 438 g/mol. The quantitative estimate of drug-likeness (QED) is 0.387. The van der Waals surface area contributed by atoms with E-state index < -0.39 is 42.2 Å². The fourth-order valence-electron chi connectivity index (χ4n) is 4.97. The summed E-state index contributed by atoms with van der Waals surface area (Å²) in [6.07, 6.45) is 4.48. The maximum Gasteiger partial charge on any atom is 0.308 e. The van der Waals surface area contributed by atoms with Crippen LogP contribution in [-0.2, 0) is 14.3 Å². The lowest BCUT2D eigenvalue weighted by Gasteiger charge is -2.51. The molecule has 0 fully saturated rings. The molecule has 2 aliphatic rings. The van der Waals surface area contributed by atoms with Gasteiger partial charge in [-0.05, 0) is 43.1 Å². The van der Waals surface area contributed by atoms with Gasteiger partial charge in [0.25, 0.3) is 0 Å². The minimum absolute atomic E-state index is 0.00773. The van der Waals surface area contributed by atoms with E-state index in [0.717, 1.165) is 5.57 Å². The Morgan fingerprint density at radius 2 is 1.97 bits per heavy atom. The molecule has 176 valence electrons. The summed E-state index contributed by atoms with van der Waals surface area (Å²) in [7, 11) is 0. The number of carboxylic acids is 1. The lowest BCUT2D eigenvalue weighted by atomic mass is 9.56. The van der Waals surface area contributed by atoms with Crippen LogP contribution < -0.4 is 0 Å².